The van der Waals surface area contributed by atoms with Crippen LogP contribution in [0.4, 0.5) is 17.1 Å². The number of hydrogen-bond donors (Lipinski definition) is 0. The van der Waals surface area contributed by atoms with Crippen LogP contribution in [0.3, 0.4) is 0 Å². The van der Waals surface area contributed by atoms with E-state index >= 15 is 0 Å². The quantitative estimate of drug-likeness (QED) is 0.209. The van der Waals surface area contributed by atoms with Crippen molar-refractivity contribution in [3.05, 3.63) is 151 Å². The Morgan fingerprint density at radius 2 is 1.05 bits per heavy atom. The van der Waals surface area contributed by atoms with E-state index in [1.165, 1.54) is 31.3 Å². The molecule has 0 atom stereocenters. The highest BCUT2D eigenvalue weighted by Gasteiger charge is 2.16. The molecule has 3 nitrogen and oxygen atoms in total. The molecule has 0 unspecified atom stereocenters. The molecule has 1 heterocycles. The lowest BCUT2D eigenvalue weighted by Gasteiger charge is -2.26. The average Bonchev–Trinajstić information content (AvgIpc) is 3.47. The van der Waals surface area contributed by atoms with E-state index < -0.39 is 0 Å². The van der Waals surface area contributed by atoms with Crippen molar-refractivity contribution in [2.24, 2.45) is 0 Å². The van der Waals surface area contributed by atoms with E-state index in [2.05, 4.69) is 120 Å². The van der Waals surface area contributed by atoms with Crippen LogP contribution in [0.1, 0.15) is 11.1 Å². The summed E-state index contributed by atoms with van der Waals surface area (Å²) in [7, 11) is 0. The van der Waals surface area contributed by atoms with Gasteiger partial charge in [-0.1, -0.05) is 72.8 Å². The molecule has 0 aliphatic carbocycles. The minimum absolute atomic E-state index is 0.635. The normalized spacial score (nSPS) is 11.1. The van der Waals surface area contributed by atoms with E-state index in [-0.39, 0.29) is 0 Å². The minimum Gasteiger partial charge on any atom is -0.310 e. The molecule has 0 aliphatic rings. The van der Waals surface area contributed by atoms with Gasteiger partial charge in [0.2, 0.25) is 0 Å². The Balaban J connectivity index is 1.28. The van der Waals surface area contributed by atoms with Crippen LogP contribution in [0.2, 0.25) is 0 Å². The first-order valence-electron chi connectivity index (χ1n) is 14.4. The number of rotatable bonds is 4. The van der Waals surface area contributed by atoms with Crippen molar-refractivity contribution in [1.82, 2.24) is 0 Å². The molecule has 0 radical (unpaired) electrons. The Morgan fingerprint density at radius 1 is 0.477 bits per heavy atom. The maximum absolute atomic E-state index is 9.52. The number of nitriles is 2. The van der Waals surface area contributed by atoms with Crippen molar-refractivity contribution in [3.8, 4) is 23.3 Å². The largest absolute Gasteiger partial charge is 0.310 e. The van der Waals surface area contributed by atoms with Gasteiger partial charge in [0.25, 0.3) is 0 Å². The summed E-state index contributed by atoms with van der Waals surface area (Å²) in [5, 5.41) is 25.8. The molecule has 44 heavy (non-hydrogen) atoms. The van der Waals surface area contributed by atoms with E-state index in [0.29, 0.717) is 11.1 Å². The van der Waals surface area contributed by atoms with Crippen LogP contribution in [0.25, 0.3) is 52.8 Å². The van der Waals surface area contributed by atoms with E-state index in [0.717, 1.165) is 38.6 Å². The van der Waals surface area contributed by atoms with Gasteiger partial charge in [-0.25, -0.2) is 0 Å². The lowest BCUT2D eigenvalue weighted by Crippen LogP contribution is -2.10. The van der Waals surface area contributed by atoms with E-state index in [9.17, 15) is 10.5 Å². The van der Waals surface area contributed by atoms with E-state index in [4.69, 9.17) is 0 Å². The highest BCUT2D eigenvalue weighted by atomic mass is 32.1. The molecule has 1 aromatic heterocycles. The molecule has 0 amide bonds. The predicted molar refractivity (Wildman–Crippen MR) is 184 cm³/mol. The highest BCUT2D eigenvalue weighted by molar-refractivity contribution is 7.26. The van der Waals surface area contributed by atoms with Gasteiger partial charge in [0, 0.05) is 37.2 Å². The van der Waals surface area contributed by atoms with Gasteiger partial charge in [0.1, 0.15) is 0 Å². The molecule has 4 heteroatoms. The second-order valence-corrected chi connectivity index (χ2v) is 11.9. The number of thiophene rings is 1. The molecule has 0 aliphatic heterocycles. The molecule has 8 aromatic rings. The summed E-state index contributed by atoms with van der Waals surface area (Å²) in [6.07, 6.45) is 0. The molecule has 7 aromatic carbocycles. The van der Waals surface area contributed by atoms with Crippen molar-refractivity contribution in [3.63, 3.8) is 0 Å². The zero-order valence-electron chi connectivity index (χ0n) is 23.5. The first-order valence-corrected chi connectivity index (χ1v) is 15.2. The van der Waals surface area contributed by atoms with Crippen LogP contribution in [0, 0.1) is 22.7 Å². The maximum atomic E-state index is 9.52. The third-order valence-electron chi connectivity index (χ3n) is 8.26. The number of anilines is 3. The number of benzene rings is 7. The first kappa shape index (κ1) is 25.7. The summed E-state index contributed by atoms with van der Waals surface area (Å²) < 4.78 is 2.59. The topological polar surface area (TPSA) is 50.8 Å². The Hall–Kier alpha value is -5.94. The van der Waals surface area contributed by atoms with Gasteiger partial charge < -0.3 is 4.90 Å². The van der Waals surface area contributed by atoms with E-state index in [1.807, 2.05) is 47.7 Å². The van der Waals surface area contributed by atoms with Gasteiger partial charge in [-0.05, 0) is 99.4 Å². The van der Waals surface area contributed by atoms with Gasteiger partial charge in [0.05, 0.1) is 23.3 Å². The molecule has 0 N–H and O–H groups in total. The monoisotopic (exact) mass is 577 g/mol. The Kier molecular flexibility index (Phi) is 6.09. The van der Waals surface area contributed by atoms with Crippen molar-refractivity contribution in [2.75, 3.05) is 4.90 Å². The SMILES string of the molecule is N#Cc1ccc2ccc(N(c3ccc(-c4cccc5c4sc4ccccc45)cc3)c3ccc4ccc(C#N)cc4c3)cc2c1. The van der Waals surface area contributed by atoms with Crippen LogP contribution in [-0.2, 0) is 0 Å². The molecular formula is C40H23N3S. The summed E-state index contributed by atoms with van der Waals surface area (Å²) >= 11 is 1.84. The van der Waals surface area contributed by atoms with Crippen molar-refractivity contribution >= 4 is 70.1 Å². The fourth-order valence-electron chi connectivity index (χ4n) is 6.10. The molecule has 8 rings (SSSR count). The van der Waals surface area contributed by atoms with Gasteiger partial charge in [-0.3, -0.25) is 0 Å². The lowest BCUT2D eigenvalue weighted by atomic mass is 10.0. The second-order valence-electron chi connectivity index (χ2n) is 10.9. The van der Waals surface area contributed by atoms with Gasteiger partial charge in [-0.2, -0.15) is 10.5 Å². The Bertz CT molecular complexity index is 2380. The molecule has 0 spiro atoms. The van der Waals surface area contributed by atoms with Crippen LogP contribution >= 0.6 is 11.3 Å². The minimum atomic E-state index is 0.635. The molecule has 204 valence electrons. The summed E-state index contributed by atoms with van der Waals surface area (Å²) in [6, 6.07) is 52.7. The summed E-state index contributed by atoms with van der Waals surface area (Å²) in [5.74, 6) is 0. The maximum Gasteiger partial charge on any atom is 0.0991 e. The number of hydrogen-bond acceptors (Lipinski definition) is 4. The van der Waals surface area contributed by atoms with Gasteiger partial charge in [-0.15, -0.1) is 11.3 Å². The summed E-state index contributed by atoms with van der Waals surface area (Å²) in [6.45, 7) is 0. The summed E-state index contributed by atoms with van der Waals surface area (Å²) in [5.41, 5.74) is 6.66. The third kappa shape index (κ3) is 4.34. The Morgan fingerprint density at radius 3 is 1.68 bits per heavy atom. The van der Waals surface area contributed by atoms with Crippen molar-refractivity contribution in [1.29, 1.82) is 10.5 Å². The average molecular weight is 578 g/mol. The fraction of sp³-hybridized carbons (Fsp3) is 0. The van der Waals surface area contributed by atoms with Crippen LogP contribution in [0.15, 0.2) is 140 Å². The summed E-state index contributed by atoms with van der Waals surface area (Å²) in [4.78, 5) is 2.24. The lowest BCUT2D eigenvalue weighted by molar-refractivity contribution is 1.29. The molecule has 0 saturated heterocycles. The van der Waals surface area contributed by atoms with Gasteiger partial charge in [0.15, 0.2) is 0 Å². The molecule has 0 fully saturated rings. The van der Waals surface area contributed by atoms with E-state index in [1.54, 1.807) is 0 Å². The zero-order chi connectivity index (χ0) is 29.6. The zero-order valence-corrected chi connectivity index (χ0v) is 24.3. The Labute approximate surface area is 258 Å². The van der Waals surface area contributed by atoms with Crippen LogP contribution in [-0.4, -0.2) is 0 Å². The molecule has 0 saturated carbocycles. The van der Waals surface area contributed by atoms with Crippen molar-refractivity contribution < 1.29 is 0 Å². The van der Waals surface area contributed by atoms with Crippen molar-refractivity contribution in [2.45, 2.75) is 0 Å². The number of fused-ring (bicyclic) bond motifs is 5. The van der Waals surface area contributed by atoms with Crippen LogP contribution < -0.4 is 4.90 Å². The first-order chi connectivity index (χ1) is 21.7. The molecule has 0 bridgehead atoms. The molecular weight excluding hydrogens is 555 g/mol. The second kappa shape index (κ2) is 10.4. The highest BCUT2D eigenvalue weighted by Crippen LogP contribution is 2.42. The van der Waals surface area contributed by atoms with Crippen LogP contribution in [0.5, 0.6) is 0 Å². The predicted octanol–water partition coefficient (Wildman–Crippen LogP) is 11.2. The standard InChI is InChI=1S/C40H23N3S/c41-24-26-8-10-28-12-18-34(22-31(28)20-26)43(35-19-13-29-11-9-27(25-42)21-32(29)23-35)33-16-14-30(15-17-33)36-5-3-6-38-37-4-1-2-7-39(37)44-40(36)38/h1-23H. The number of nitrogens with zero attached hydrogens (tertiary/aromatic N) is 3. The third-order valence-corrected chi connectivity index (χ3v) is 9.48. The van der Waals surface area contributed by atoms with Gasteiger partial charge >= 0.3 is 0 Å². The smallest absolute Gasteiger partial charge is 0.0991 e. The fourth-order valence-corrected chi connectivity index (χ4v) is 7.34.